The second-order valence-corrected chi connectivity index (χ2v) is 8.96. The number of rotatable bonds is 4. The van der Waals surface area contributed by atoms with E-state index in [4.69, 9.17) is 5.73 Å². The van der Waals surface area contributed by atoms with Gasteiger partial charge in [-0.05, 0) is 49.5 Å². The van der Waals surface area contributed by atoms with Gasteiger partial charge in [0.05, 0.1) is 5.39 Å². The van der Waals surface area contributed by atoms with Gasteiger partial charge in [0, 0.05) is 24.0 Å². The first kappa shape index (κ1) is 21.8. The molecule has 1 aromatic carbocycles. The smallest absolute Gasteiger partial charge is 0.274 e. The predicted molar refractivity (Wildman–Crippen MR) is 117 cm³/mol. The van der Waals surface area contributed by atoms with Crippen LogP contribution < -0.4 is 16.6 Å². The average Bonchev–Trinajstić information content (AvgIpc) is 2.64. The number of nitrogens with zero attached hydrogens (tertiary/aromatic N) is 2. The first-order valence-corrected chi connectivity index (χ1v) is 10.5. The van der Waals surface area contributed by atoms with Gasteiger partial charge in [-0.25, -0.2) is 4.68 Å². The molecule has 1 amide bonds. The fourth-order valence-corrected chi connectivity index (χ4v) is 5.12. The summed E-state index contributed by atoms with van der Waals surface area (Å²) in [5.41, 5.74) is 6.44. The van der Waals surface area contributed by atoms with Crippen LogP contribution in [-0.4, -0.2) is 27.8 Å². The van der Waals surface area contributed by atoms with Crippen molar-refractivity contribution in [3.05, 3.63) is 40.3 Å². The number of benzene rings is 1. The van der Waals surface area contributed by atoms with Crippen molar-refractivity contribution < 1.29 is 4.79 Å². The van der Waals surface area contributed by atoms with Crippen LogP contribution in [0.3, 0.4) is 0 Å². The zero-order valence-corrected chi connectivity index (χ0v) is 18.0. The maximum atomic E-state index is 13.3. The van der Waals surface area contributed by atoms with E-state index in [0.29, 0.717) is 34.8 Å². The van der Waals surface area contributed by atoms with Crippen LogP contribution in [0.5, 0.6) is 0 Å². The number of nitrogens with one attached hydrogen (secondary N) is 1. The molecule has 0 saturated heterocycles. The minimum atomic E-state index is -0.175. The molecule has 2 bridgehead atoms. The van der Waals surface area contributed by atoms with E-state index < -0.39 is 0 Å². The summed E-state index contributed by atoms with van der Waals surface area (Å²) in [6.45, 7) is 4.57. The van der Waals surface area contributed by atoms with Gasteiger partial charge in [0.2, 0.25) is 0 Å². The second kappa shape index (κ2) is 8.84. The molecule has 2 aliphatic carbocycles. The Morgan fingerprint density at radius 2 is 1.83 bits per heavy atom. The van der Waals surface area contributed by atoms with Crippen molar-refractivity contribution >= 4 is 29.1 Å². The van der Waals surface area contributed by atoms with Gasteiger partial charge in [0.15, 0.2) is 5.69 Å². The Morgan fingerprint density at radius 3 is 2.45 bits per heavy atom. The maximum Gasteiger partial charge on any atom is 0.274 e. The fourth-order valence-electron chi connectivity index (χ4n) is 5.12. The Hall–Kier alpha value is -1.92. The number of hydrogen-bond donors (Lipinski definition) is 2. The number of carbonyl (C=O) groups is 1. The number of hydrogen-bond acceptors (Lipinski definition) is 4. The monoisotopic (exact) mass is 418 g/mol. The van der Waals surface area contributed by atoms with Crippen molar-refractivity contribution in [2.24, 2.45) is 23.5 Å². The van der Waals surface area contributed by atoms with Crippen LogP contribution in [0.4, 0.5) is 0 Å². The third kappa shape index (κ3) is 4.33. The van der Waals surface area contributed by atoms with Crippen molar-refractivity contribution in [2.45, 2.75) is 64.6 Å². The number of aromatic nitrogens is 2. The van der Waals surface area contributed by atoms with Gasteiger partial charge >= 0.3 is 0 Å². The molecule has 0 radical (unpaired) electrons. The summed E-state index contributed by atoms with van der Waals surface area (Å²) in [5, 5.41) is 8.94. The van der Waals surface area contributed by atoms with Gasteiger partial charge in [0.25, 0.3) is 11.5 Å². The Balaban J connectivity index is 0.00000240. The van der Waals surface area contributed by atoms with Crippen molar-refractivity contribution in [2.75, 3.05) is 0 Å². The van der Waals surface area contributed by atoms with E-state index in [2.05, 4.69) is 10.4 Å². The van der Waals surface area contributed by atoms with Gasteiger partial charge in [-0.15, -0.1) is 12.4 Å². The zero-order valence-electron chi connectivity index (χ0n) is 17.1. The van der Waals surface area contributed by atoms with Crippen LogP contribution in [0, 0.1) is 17.8 Å². The highest BCUT2D eigenvalue weighted by atomic mass is 35.5. The summed E-state index contributed by atoms with van der Waals surface area (Å²) >= 11 is 0. The van der Waals surface area contributed by atoms with Crippen molar-refractivity contribution in [1.82, 2.24) is 15.1 Å². The molecule has 2 atom stereocenters. The Bertz CT molecular complexity index is 928. The maximum absolute atomic E-state index is 13.3. The van der Waals surface area contributed by atoms with Gasteiger partial charge in [-0.2, -0.15) is 5.10 Å². The highest BCUT2D eigenvalue weighted by Gasteiger charge is 2.40. The number of carbonyl (C=O) groups excluding carboxylic acids is 1. The molecular formula is C22H31ClN4O2. The summed E-state index contributed by atoms with van der Waals surface area (Å²) in [5.74, 6) is 0.978. The molecule has 158 valence electrons. The predicted octanol–water partition coefficient (Wildman–Crippen LogP) is 3.11. The molecule has 3 N–H and O–H groups in total. The molecule has 4 rings (SSSR count). The lowest BCUT2D eigenvalue weighted by molar-refractivity contribution is 0.0751. The first-order chi connectivity index (χ1) is 13.4. The zero-order chi connectivity index (χ0) is 19.8. The molecule has 0 aliphatic heterocycles. The molecule has 2 unspecified atom stereocenters. The molecule has 0 spiro atoms. The second-order valence-electron chi connectivity index (χ2n) is 8.96. The molecular weight excluding hydrogens is 388 g/mol. The van der Waals surface area contributed by atoms with E-state index in [-0.39, 0.29) is 41.9 Å². The Labute approximate surface area is 177 Å². The van der Waals surface area contributed by atoms with Crippen LogP contribution in [0.25, 0.3) is 10.8 Å². The molecule has 7 heteroatoms. The fraction of sp³-hybridized carbons (Fsp3) is 0.591. The summed E-state index contributed by atoms with van der Waals surface area (Å²) in [6.07, 6.45) is 5.41. The van der Waals surface area contributed by atoms with Gasteiger partial charge < -0.3 is 11.1 Å². The number of fused-ring (bicyclic) bond motifs is 3. The molecule has 2 saturated carbocycles. The van der Waals surface area contributed by atoms with E-state index >= 15 is 0 Å². The summed E-state index contributed by atoms with van der Waals surface area (Å²) in [7, 11) is 0. The molecule has 1 heterocycles. The number of halogens is 1. The molecule has 2 fully saturated rings. The van der Waals surface area contributed by atoms with Gasteiger partial charge in [-0.1, -0.05) is 38.5 Å². The highest BCUT2D eigenvalue weighted by Crippen LogP contribution is 2.39. The standard InChI is InChI=1S/C22H30N4O2.ClH/c1-13(2)12-26-22(28)18-9-4-3-8-17(18)20(25-26)21(27)24-19-14-6-5-7-15(19)11-16(23)10-14;/h3-4,8-9,13-16,19H,5-7,10-12,23H2,1-2H3,(H,24,27);1H. The van der Waals surface area contributed by atoms with Gasteiger partial charge in [-0.3, -0.25) is 9.59 Å². The Kier molecular flexibility index (Phi) is 6.64. The SMILES string of the molecule is CC(C)Cn1nc(C(=O)NC2C3CCCC2CC(N)C3)c2ccccc2c1=O.Cl. The third-order valence-electron chi connectivity index (χ3n) is 6.30. The normalized spacial score (nSPS) is 26.2. The van der Waals surface area contributed by atoms with Crippen LogP contribution in [0.1, 0.15) is 56.4 Å². The lowest BCUT2D eigenvalue weighted by Crippen LogP contribution is -2.54. The molecule has 6 nitrogen and oxygen atoms in total. The molecule has 2 aliphatic rings. The van der Waals surface area contributed by atoms with Crippen LogP contribution in [0.2, 0.25) is 0 Å². The number of amides is 1. The van der Waals surface area contributed by atoms with Crippen LogP contribution in [-0.2, 0) is 6.54 Å². The molecule has 2 aromatic rings. The van der Waals surface area contributed by atoms with Crippen molar-refractivity contribution in [3.63, 3.8) is 0 Å². The largest absolute Gasteiger partial charge is 0.347 e. The summed E-state index contributed by atoms with van der Waals surface area (Å²) in [4.78, 5) is 26.0. The lowest BCUT2D eigenvalue weighted by atomic mass is 9.67. The number of nitrogens with two attached hydrogens (primary N) is 1. The summed E-state index contributed by atoms with van der Waals surface area (Å²) in [6, 6.07) is 7.68. The summed E-state index contributed by atoms with van der Waals surface area (Å²) < 4.78 is 1.44. The average molecular weight is 419 g/mol. The van der Waals surface area contributed by atoms with Crippen LogP contribution in [0.15, 0.2) is 29.1 Å². The Morgan fingerprint density at radius 1 is 1.21 bits per heavy atom. The van der Waals surface area contributed by atoms with E-state index in [1.165, 1.54) is 11.1 Å². The van der Waals surface area contributed by atoms with Gasteiger partial charge in [0.1, 0.15) is 0 Å². The minimum Gasteiger partial charge on any atom is -0.347 e. The minimum absolute atomic E-state index is 0. The quantitative estimate of drug-likeness (QED) is 0.798. The van der Waals surface area contributed by atoms with E-state index in [0.717, 1.165) is 25.7 Å². The third-order valence-corrected chi connectivity index (χ3v) is 6.30. The topological polar surface area (TPSA) is 90.0 Å². The van der Waals surface area contributed by atoms with E-state index in [1.807, 2.05) is 32.0 Å². The van der Waals surface area contributed by atoms with E-state index in [9.17, 15) is 9.59 Å². The van der Waals surface area contributed by atoms with Crippen molar-refractivity contribution in [1.29, 1.82) is 0 Å². The molecule has 1 aromatic heterocycles. The first-order valence-electron chi connectivity index (χ1n) is 10.5. The van der Waals surface area contributed by atoms with E-state index in [1.54, 1.807) is 6.07 Å². The van der Waals surface area contributed by atoms with Crippen molar-refractivity contribution in [3.8, 4) is 0 Å². The molecule has 29 heavy (non-hydrogen) atoms. The van der Waals surface area contributed by atoms with Crippen LogP contribution >= 0.6 is 12.4 Å². The lowest BCUT2D eigenvalue weighted by Gasteiger charge is -2.45. The highest BCUT2D eigenvalue weighted by molar-refractivity contribution is 6.04.